The fourth-order valence-corrected chi connectivity index (χ4v) is 6.35. The van der Waals surface area contributed by atoms with Gasteiger partial charge in [-0.25, -0.2) is 4.79 Å². The molecule has 0 unspecified atom stereocenters. The van der Waals surface area contributed by atoms with Crippen LogP contribution in [-0.2, 0) is 14.3 Å². The molecule has 5 rings (SSSR count). The number of hydrogen-bond donors (Lipinski definition) is 2. The van der Waals surface area contributed by atoms with Crippen molar-refractivity contribution in [2.24, 2.45) is 4.99 Å². The van der Waals surface area contributed by atoms with Crippen molar-refractivity contribution in [1.82, 2.24) is 20.1 Å². The Hall–Kier alpha value is -4.26. The number of hydrogen-bond acceptors (Lipinski definition) is 9. The molecule has 11 nitrogen and oxygen atoms in total. The molecule has 0 bridgehead atoms. The van der Waals surface area contributed by atoms with Crippen molar-refractivity contribution in [2.75, 3.05) is 31.7 Å². The molecular weight excluding hydrogens is 640 g/mol. The number of thiophene rings is 1. The molecule has 0 saturated carbocycles. The van der Waals surface area contributed by atoms with Crippen LogP contribution in [0.2, 0.25) is 5.02 Å². The van der Waals surface area contributed by atoms with Gasteiger partial charge >= 0.3 is 6.09 Å². The maximum absolute atomic E-state index is 13.4. The molecule has 2 amide bonds. The maximum atomic E-state index is 13.4. The molecule has 47 heavy (non-hydrogen) atoms. The lowest BCUT2D eigenvalue weighted by molar-refractivity contribution is -0.116. The number of fused-ring (bicyclic) bond motifs is 3. The molecule has 2 N–H and O–H groups in total. The average molecular weight is 679 g/mol. The Labute approximate surface area is 283 Å². The van der Waals surface area contributed by atoms with Crippen molar-refractivity contribution >= 4 is 46.3 Å². The van der Waals surface area contributed by atoms with Crippen LogP contribution in [-0.4, -0.2) is 64.4 Å². The van der Waals surface area contributed by atoms with Gasteiger partial charge in [-0.15, -0.1) is 21.5 Å². The largest absolute Gasteiger partial charge is 0.491 e. The Kier molecular flexibility index (Phi) is 10.6. The van der Waals surface area contributed by atoms with Crippen molar-refractivity contribution in [1.29, 1.82) is 0 Å². The highest BCUT2D eigenvalue weighted by atomic mass is 35.5. The summed E-state index contributed by atoms with van der Waals surface area (Å²) >= 11 is 7.88. The summed E-state index contributed by atoms with van der Waals surface area (Å²) in [5.74, 6) is 1.79. The number of amides is 2. The van der Waals surface area contributed by atoms with E-state index in [2.05, 4.69) is 34.7 Å². The van der Waals surface area contributed by atoms with Gasteiger partial charge in [-0.05, 0) is 83.5 Å². The van der Waals surface area contributed by atoms with E-state index in [9.17, 15) is 9.59 Å². The van der Waals surface area contributed by atoms with Gasteiger partial charge in [0.2, 0.25) is 5.91 Å². The molecule has 0 spiro atoms. The summed E-state index contributed by atoms with van der Waals surface area (Å²) in [6, 6.07) is 14.2. The second-order valence-corrected chi connectivity index (χ2v) is 13.7. The Balaban J connectivity index is 1.20. The van der Waals surface area contributed by atoms with E-state index in [0.29, 0.717) is 48.6 Å². The highest BCUT2D eigenvalue weighted by Crippen LogP contribution is 2.39. The maximum Gasteiger partial charge on any atom is 0.407 e. The highest BCUT2D eigenvalue weighted by molar-refractivity contribution is 7.15. The van der Waals surface area contributed by atoms with E-state index in [1.807, 2.05) is 56.5 Å². The molecule has 13 heteroatoms. The van der Waals surface area contributed by atoms with Crippen LogP contribution in [0.4, 0.5) is 10.5 Å². The number of carbonyl (C=O) groups is 2. The van der Waals surface area contributed by atoms with Crippen LogP contribution < -0.4 is 15.4 Å². The molecule has 3 heterocycles. The van der Waals surface area contributed by atoms with Crippen LogP contribution in [0.5, 0.6) is 5.75 Å². The van der Waals surface area contributed by atoms with Crippen LogP contribution in [0.3, 0.4) is 0 Å². The van der Waals surface area contributed by atoms with Crippen LogP contribution in [0, 0.1) is 20.8 Å². The Morgan fingerprint density at radius 3 is 2.40 bits per heavy atom. The molecule has 1 aliphatic heterocycles. The van der Waals surface area contributed by atoms with Gasteiger partial charge in [-0.2, -0.15) is 0 Å². The van der Waals surface area contributed by atoms with E-state index in [0.717, 1.165) is 33.2 Å². The lowest BCUT2D eigenvalue weighted by Crippen LogP contribution is -2.34. The van der Waals surface area contributed by atoms with Crippen molar-refractivity contribution in [3.05, 3.63) is 86.8 Å². The predicted molar refractivity (Wildman–Crippen MR) is 184 cm³/mol. The molecule has 0 radical (unpaired) electrons. The summed E-state index contributed by atoms with van der Waals surface area (Å²) in [5.41, 5.74) is 3.94. The number of alkyl carbamates (subject to hydrolysis) is 1. The first-order valence-corrected chi connectivity index (χ1v) is 16.5. The van der Waals surface area contributed by atoms with Gasteiger partial charge in [0.25, 0.3) is 0 Å². The number of nitrogens with one attached hydrogen (secondary N) is 2. The molecule has 0 aliphatic carbocycles. The first-order chi connectivity index (χ1) is 22.4. The van der Waals surface area contributed by atoms with E-state index in [4.69, 9.17) is 30.8 Å². The quantitative estimate of drug-likeness (QED) is 0.168. The van der Waals surface area contributed by atoms with Crippen molar-refractivity contribution in [3.8, 4) is 10.8 Å². The summed E-state index contributed by atoms with van der Waals surface area (Å²) in [7, 11) is 0. The molecule has 4 aromatic rings. The number of carbonyl (C=O) groups excluding carboxylic acids is 2. The number of ether oxygens (including phenoxy) is 3. The minimum atomic E-state index is -0.567. The third-order valence-corrected chi connectivity index (χ3v) is 8.73. The number of anilines is 1. The third kappa shape index (κ3) is 8.56. The lowest BCUT2D eigenvalue weighted by atomic mass is 9.99. The van der Waals surface area contributed by atoms with E-state index >= 15 is 0 Å². The predicted octanol–water partition coefficient (Wildman–Crippen LogP) is 6.75. The standard InChI is InChI=1S/C34H39ClN6O5S/c1-20-21(2)47-32-29(20)30(23-7-9-24(35)10-8-23)38-27(31-40-39-22(3)41(31)32)19-28(42)37-25-11-13-26(14-12-25)45-18-17-44-16-15-36-33(43)46-34(4,5)6/h7-14,27H,15-19H2,1-6H3,(H,36,43)(H,37,42)/t27-/m0/s1. The molecular formula is C34H39ClN6O5S. The zero-order valence-corrected chi connectivity index (χ0v) is 28.9. The molecule has 1 atom stereocenters. The number of benzene rings is 2. The first-order valence-electron chi connectivity index (χ1n) is 15.3. The summed E-state index contributed by atoms with van der Waals surface area (Å²) in [6.45, 7) is 12.9. The molecule has 2 aromatic heterocycles. The number of aryl methyl sites for hydroxylation is 2. The molecule has 0 fully saturated rings. The number of nitrogens with zero attached hydrogens (tertiary/aromatic N) is 4. The smallest absolute Gasteiger partial charge is 0.407 e. The van der Waals surface area contributed by atoms with Gasteiger partial charge in [0, 0.05) is 33.3 Å². The van der Waals surface area contributed by atoms with Gasteiger partial charge in [0.05, 0.1) is 25.3 Å². The highest BCUT2D eigenvalue weighted by Gasteiger charge is 2.32. The summed E-state index contributed by atoms with van der Waals surface area (Å²) in [6.07, 6.45) is -0.407. The molecule has 2 aromatic carbocycles. The van der Waals surface area contributed by atoms with Crippen molar-refractivity contribution in [3.63, 3.8) is 0 Å². The summed E-state index contributed by atoms with van der Waals surface area (Å²) in [5, 5.41) is 16.1. The third-order valence-electron chi connectivity index (χ3n) is 7.28. The normalized spacial score (nSPS) is 14.0. The monoisotopic (exact) mass is 678 g/mol. The number of halogens is 1. The Bertz CT molecular complexity index is 1760. The van der Waals surface area contributed by atoms with E-state index < -0.39 is 17.7 Å². The molecule has 0 saturated heterocycles. The Morgan fingerprint density at radius 2 is 1.70 bits per heavy atom. The zero-order valence-electron chi connectivity index (χ0n) is 27.3. The van der Waals surface area contributed by atoms with Crippen LogP contribution in [0.1, 0.15) is 66.5 Å². The second-order valence-electron chi connectivity index (χ2n) is 12.1. The van der Waals surface area contributed by atoms with E-state index in [1.165, 1.54) is 4.88 Å². The van der Waals surface area contributed by atoms with Gasteiger partial charge in [-0.3, -0.25) is 14.4 Å². The number of aliphatic imine (C=N–C) groups is 1. The molecule has 248 valence electrons. The lowest BCUT2D eigenvalue weighted by Gasteiger charge is -2.19. The fraction of sp³-hybridized carbons (Fsp3) is 0.382. The van der Waals surface area contributed by atoms with E-state index in [-0.39, 0.29) is 12.3 Å². The van der Waals surface area contributed by atoms with Crippen molar-refractivity contribution in [2.45, 2.75) is 59.6 Å². The van der Waals surface area contributed by atoms with Gasteiger partial charge in [-0.1, -0.05) is 23.7 Å². The fourth-order valence-electron chi connectivity index (χ4n) is 5.01. The van der Waals surface area contributed by atoms with Crippen LogP contribution in [0.15, 0.2) is 53.5 Å². The van der Waals surface area contributed by atoms with Gasteiger partial charge < -0.3 is 24.8 Å². The molecule has 1 aliphatic rings. The van der Waals surface area contributed by atoms with Crippen LogP contribution >= 0.6 is 22.9 Å². The summed E-state index contributed by atoms with van der Waals surface area (Å²) in [4.78, 5) is 31.4. The SMILES string of the molecule is Cc1sc2c(c1C)C(c1ccc(Cl)cc1)=N[C@@H](CC(=O)Nc1ccc(OCCOCCNC(=O)OC(C)(C)C)cc1)c1nnc(C)n1-2. The summed E-state index contributed by atoms with van der Waals surface area (Å²) < 4.78 is 18.5. The van der Waals surface area contributed by atoms with Gasteiger partial charge in [0.15, 0.2) is 5.82 Å². The number of aromatic nitrogens is 3. The van der Waals surface area contributed by atoms with Crippen molar-refractivity contribution < 1.29 is 23.8 Å². The topological polar surface area (TPSA) is 129 Å². The second kappa shape index (κ2) is 14.7. The zero-order chi connectivity index (χ0) is 33.7. The number of rotatable bonds is 11. The first kappa shape index (κ1) is 34.1. The minimum Gasteiger partial charge on any atom is -0.491 e. The van der Waals surface area contributed by atoms with Crippen LogP contribution in [0.25, 0.3) is 5.00 Å². The van der Waals surface area contributed by atoms with Gasteiger partial charge in [0.1, 0.15) is 34.8 Å². The van der Waals surface area contributed by atoms with E-state index in [1.54, 1.807) is 35.6 Å². The minimum absolute atomic E-state index is 0.0700. The average Bonchev–Trinajstić information content (AvgIpc) is 3.48. The Morgan fingerprint density at radius 1 is 0.979 bits per heavy atom.